The number of nitrogens with two attached hydrogens (primary N) is 1. The fraction of sp³-hybridized carbons (Fsp3) is 0.707. The summed E-state index contributed by atoms with van der Waals surface area (Å²) >= 11 is 0. The number of unbranched alkanes of at least 4 members (excludes halogenated alkanes) is 1. The van der Waals surface area contributed by atoms with Crippen LogP contribution in [0.1, 0.15) is 87.5 Å². The van der Waals surface area contributed by atoms with Gasteiger partial charge in [-0.25, -0.2) is 14.0 Å². The lowest BCUT2D eigenvalue weighted by Crippen LogP contribution is -2.59. The molecule has 1 amide bonds. The summed E-state index contributed by atoms with van der Waals surface area (Å²) in [5.74, 6) is -5.83. The van der Waals surface area contributed by atoms with E-state index in [-0.39, 0.29) is 37.3 Å². The second-order valence-electron chi connectivity index (χ2n) is 16.7. The molecule has 0 spiro atoms. The molecule has 4 N–H and O–H groups in total. The van der Waals surface area contributed by atoms with Crippen molar-refractivity contribution in [3.63, 3.8) is 0 Å². The van der Waals surface area contributed by atoms with E-state index in [4.69, 9.17) is 24.7 Å². The number of amides is 1. The second-order valence-corrected chi connectivity index (χ2v) is 16.7. The van der Waals surface area contributed by atoms with Gasteiger partial charge in [-0.05, 0) is 78.0 Å². The molecule has 3 aliphatic heterocycles. The number of nitrogens with zero attached hydrogens (tertiary/aromatic N) is 4. The maximum Gasteiger partial charge on any atom is 0.410 e. The largest absolute Gasteiger partial charge is 0.455 e. The molecule has 1 aromatic heterocycles. The van der Waals surface area contributed by atoms with Crippen molar-refractivity contribution in [3.8, 4) is 11.3 Å². The molecule has 2 aromatic rings. The van der Waals surface area contributed by atoms with Crippen molar-refractivity contribution in [2.24, 2.45) is 23.7 Å². The van der Waals surface area contributed by atoms with Gasteiger partial charge in [-0.2, -0.15) is 0 Å². The van der Waals surface area contributed by atoms with E-state index in [0.29, 0.717) is 37.2 Å². The minimum absolute atomic E-state index is 0.0995. The zero-order valence-electron chi connectivity index (χ0n) is 34.6. The number of alkyl halides is 1. The molecule has 1 aromatic carbocycles. The molecular weight excluding hydrogens is 739 g/mol. The van der Waals surface area contributed by atoms with E-state index in [1.54, 1.807) is 52.4 Å². The number of Topliss-reactive ketones (excluding diaryl/α,β-unsaturated/α-hetero) is 2. The Morgan fingerprint density at radius 1 is 1.05 bits per heavy atom. The number of benzene rings is 1. The Balaban J connectivity index is 1.40. The molecule has 4 heterocycles. The van der Waals surface area contributed by atoms with E-state index in [1.807, 2.05) is 31.3 Å². The number of aliphatic hydroxyl groups is 1. The van der Waals surface area contributed by atoms with Crippen molar-refractivity contribution >= 4 is 29.3 Å². The number of halogens is 1. The normalized spacial score (nSPS) is 37.0. The minimum atomic E-state index is -3.11. The summed E-state index contributed by atoms with van der Waals surface area (Å²) in [5, 5.41) is 22.7. The van der Waals surface area contributed by atoms with Gasteiger partial charge < -0.3 is 40.0 Å². The van der Waals surface area contributed by atoms with Crippen LogP contribution < -0.4 is 11.1 Å². The number of aliphatic hydroxyl groups excluding tert-OH is 1. The number of carbonyl (C=O) groups excluding carboxylic acids is 4. The summed E-state index contributed by atoms with van der Waals surface area (Å²) in [6.45, 7) is 13.5. The molecule has 15 nitrogen and oxygen atoms in total. The first-order valence-corrected chi connectivity index (χ1v) is 20.2. The Hall–Kier alpha value is -3.99. The molecular formula is C41H61FN6O9. The smallest absolute Gasteiger partial charge is 0.410 e. The van der Waals surface area contributed by atoms with Gasteiger partial charge in [-0.3, -0.25) is 14.3 Å². The number of ether oxygens (including phenoxy) is 4. The van der Waals surface area contributed by atoms with Crippen LogP contribution in [-0.4, -0.2) is 116 Å². The first kappa shape index (κ1) is 44.1. The first-order chi connectivity index (χ1) is 26.8. The average molecular weight is 801 g/mol. The van der Waals surface area contributed by atoms with Gasteiger partial charge >= 0.3 is 12.1 Å². The molecule has 0 saturated carbocycles. The van der Waals surface area contributed by atoms with Crippen LogP contribution in [0.3, 0.4) is 0 Å². The number of esters is 1. The molecule has 5 rings (SSSR count). The molecule has 3 saturated heterocycles. The molecule has 3 fully saturated rings. The third-order valence-electron chi connectivity index (χ3n) is 12.2. The second kappa shape index (κ2) is 17.9. The van der Waals surface area contributed by atoms with Gasteiger partial charge in [0.15, 0.2) is 17.7 Å². The van der Waals surface area contributed by atoms with Gasteiger partial charge in [-0.15, -0.1) is 5.10 Å². The number of nitrogens with one attached hydrogen (secondary N) is 1. The zero-order valence-corrected chi connectivity index (χ0v) is 34.6. The van der Waals surface area contributed by atoms with Gasteiger partial charge in [0, 0.05) is 48.1 Å². The van der Waals surface area contributed by atoms with Crippen molar-refractivity contribution in [2.45, 2.75) is 148 Å². The van der Waals surface area contributed by atoms with Crippen molar-refractivity contribution in [1.82, 2.24) is 25.2 Å². The number of hydrogen-bond donors (Lipinski definition) is 3. The Kier molecular flexibility index (Phi) is 13.8. The zero-order chi connectivity index (χ0) is 42.0. The Morgan fingerprint density at radius 2 is 1.75 bits per heavy atom. The number of cyclic esters (lactones) is 1. The number of ketones is 2. The monoisotopic (exact) mass is 800 g/mol. The highest BCUT2D eigenvalue weighted by atomic mass is 19.1. The molecule has 0 radical (unpaired) electrons. The lowest BCUT2D eigenvalue weighted by atomic mass is 9.74. The minimum Gasteiger partial charge on any atom is -0.455 e. The van der Waals surface area contributed by atoms with Gasteiger partial charge in [0.1, 0.15) is 23.7 Å². The van der Waals surface area contributed by atoms with Crippen LogP contribution in [0, 0.1) is 23.7 Å². The van der Waals surface area contributed by atoms with Crippen molar-refractivity contribution < 1.29 is 47.6 Å². The molecule has 316 valence electrons. The van der Waals surface area contributed by atoms with E-state index >= 15 is 4.39 Å². The van der Waals surface area contributed by atoms with E-state index in [9.17, 15) is 24.3 Å². The number of likely N-dealkylation sites (N-methyl/N-ethyl adjacent to an activating group) is 1. The molecule has 13 atom stereocenters. The highest BCUT2D eigenvalue weighted by molar-refractivity contribution is 6.07. The Bertz CT molecular complexity index is 1760. The number of rotatable bonds is 10. The molecule has 3 aliphatic rings. The molecule has 57 heavy (non-hydrogen) atoms. The van der Waals surface area contributed by atoms with Crippen LogP contribution in [-0.2, 0) is 39.9 Å². The van der Waals surface area contributed by atoms with Crippen LogP contribution in [0.25, 0.3) is 11.3 Å². The fourth-order valence-corrected chi connectivity index (χ4v) is 9.06. The fourth-order valence-electron chi connectivity index (χ4n) is 9.06. The quantitative estimate of drug-likeness (QED) is 0.132. The summed E-state index contributed by atoms with van der Waals surface area (Å²) < 4.78 is 42.6. The number of hydrogen-bond acceptors (Lipinski definition) is 13. The molecule has 0 bridgehead atoms. The molecule has 0 unspecified atom stereocenters. The van der Waals surface area contributed by atoms with Crippen LogP contribution in [0.5, 0.6) is 0 Å². The van der Waals surface area contributed by atoms with Crippen molar-refractivity contribution in [1.29, 1.82) is 0 Å². The number of aromatic nitrogens is 3. The van der Waals surface area contributed by atoms with Gasteiger partial charge in [-0.1, -0.05) is 52.0 Å². The van der Waals surface area contributed by atoms with Crippen molar-refractivity contribution in [2.75, 3.05) is 19.3 Å². The maximum absolute atomic E-state index is 16.7. The molecule has 16 heteroatoms. The number of aryl methyl sites for hydroxylation is 1. The van der Waals surface area contributed by atoms with E-state index in [1.165, 1.54) is 11.8 Å². The standard InChI is InChI=1S/C41H61FN6O9/c1-10-31-41(8)35(48(39(53)57-41)17-12-11-16-47-21-30(45-46-47)27-14-13-15-28(43)20-27)25(5)32(49)22(2)18-23(3)34(26(6)36(51)40(7,42)38(52)55-31)56-37-33(50)29(44-9)19-24(4)54-37/h13-15,20-26,29,31,33-35,37,44,50H,10-12,16-19,43H2,1-9H3/t22-,23+,24-,25+,26-,29+,31-,33-,34+,35-,37+,40+,41-/m1/s1. The average Bonchev–Trinajstić information content (AvgIpc) is 3.75. The van der Waals surface area contributed by atoms with Crippen LogP contribution in [0.15, 0.2) is 30.5 Å². The van der Waals surface area contributed by atoms with E-state index < -0.39 is 83.4 Å². The highest BCUT2D eigenvalue weighted by Crippen LogP contribution is 2.42. The number of fused-ring (bicyclic) bond motifs is 1. The summed E-state index contributed by atoms with van der Waals surface area (Å²) in [4.78, 5) is 57.5. The predicted octanol–water partition coefficient (Wildman–Crippen LogP) is 4.49. The lowest BCUT2D eigenvalue weighted by Gasteiger charge is -2.43. The third-order valence-corrected chi connectivity index (χ3v) is 12.2. The lowest BCUT2D eigenvalue weighted by molar-refractivity contribution is -0.271. The maximum atomic E-state index is 16.7. The topological polar surface area (TPSA) is 197 Å². The number of carbonyl (C=O) groups is 4. The van der Waals surface area contributed by atoms with E-state index in [2.05, 4.69) is 15.6 Å². The SMILES string of the molecule is CC[C@H]1OC(=O)[C@@](C)(F)C(=O)[C@H](C)[C@@H](O[C@@H]2O[C@H](C)C[C@H](NC)[C@H]2O)[C@@H](C)C[C@@H](C)C(=O)[C@H](C)[C@H]2N(CCCCn3cc(-c4cccc(N)c4)nn3)C(=O)O[C@]12C. The van der Waals surface area contributed by atoms with Gasteiger partial charge in [0.25, 0.3) is 5.67 Å². The number of nitrogen functional groups attached to an aromatic ring is 1. The van der Waals surface area contributed by atoms with Crippen molar-refractivity contribution in [3.05, 3.63) is 30.5 Å². The van der Waals surface area contributed by atoms with E-state index in [0.717, 1.165) is 12.5 Å². The molecule has 0 aliphatic carbocycles. The summed E-state index contributed by atoms with van der Waals surface area (Å²) in [6.07, 6.45) is -1.74. The van der Waals surface area contributed by atoms with Gasteiger partial charge in [0.05, 0.1) is 24.4 Å². The summed E-state index contributed by atoms with van der Waals surface area (Å²) in [6, 6.07) is 6.09. The third kappa shape index (κ3) is 9.18. The predicted molar refractivity (Wildman–Crippen MR) is 208 cm³/mol. The Morgan fingerprint density at radius 3 is 2.42 bits per heavy atom. The highest BCUT2D eigenvalue weighted by Gasteiger charge is 2.61. The van der Waals surface area contributed by atoms with Crippen LogP contribution in [0.2, 0.25) is 0 Å². The number of anilines is 1. The van der Waals surface area contributed by atoms with Gasteiger partial charge in [0.2, 0.25) is 0 Å². The first-order valence-electron chi connectivity index (χ1n) is 20.2. The summed E-state index contributed by atoms with van der Waals surface area (Å²) in [5.41, 5.74) is 3.39. The van der Waals surface area contributed by atoms with Crippen LogP contribution in [0.4, 0.5) is 14.9 Å². The van der Waals surface area contributed by atoms with Crippen LogP contribution >= 0.6 is 0 Å². The Labute approximate surface area is 334 Å². The summed E-state index contributed by atoms with van der Waals surface area (Å²) in [7, 11) is 1.71.